The van der Waals surface area contributed by atoms with E-state index in [0.29, 0.717) is 30.1 Å². The van der Waals surface area contributed by atoms with Crippen LogP contribution in [0.2, 0.25) is 0 Å². The summed E-state index contributed by atoms with van der Waals surface area (Å²) in [6, 6.07) is 11.9. The molecule has 7 rings (SSSR count). The maximum Gasteiger partial charge on any atom is 0.272 e. The van der Waals surface area contributed by atoms with E-state index >= 15 is 0 Å². The number of carbonyl (C=O) groups excluding carboxylic acids is 1. The molecule has 3 aromatic heterocycles. The summed E-state index contributed by atoms with van der Waals surface area (Å²) in [6.07, 6.45) is 7.60. The highest BCUT2D eigenvalue weighted by atomic mass is 16.5. The van der Waals surface area contributed by atoms with E-state index in [4.69, 9.17) is 4.74 Å². The van der Waals surface area contributed by atoms with Crippen LogP contribution in [0.15, 0.2) is 53.6 Å². The van der Waals surface area contributed by atoms with Gasteiger partial charge in [0.1, 0.15) is 5.52 Å². The average molecular weight is 485 g/mol. The van der Waals surface area contributed by atoms with Crippen molar-refractivity contribution >= 4 is 27.9 Å². The molecule has 0 radical (unpaired) electrons. The highest BCUT2D eigenvalue weighted by Crippen LogP contribution is 2.62. The van der Waals surface area contributed by atoms with E-state index in [0.717, 1.165) is 61.1 Å². The van der Waals surface area contributed by atoms with Crippen LogP contribution < -0.4 is 15.8 Å². The van der Waals surface area contributed by atoms with Gasteiger partial charge in [0, 0.05) is 36.6 Å². The van der Waals surface area contributed by atoms with Crippen LogP contribution in [0.4, 0.5) is 5.69 Å². The molecule has 2 aliphatic carbocycles. The lowest BCUT2D eigenvalue weighted by atomic mass is 9.49. The number of pyridine rings is 1. The predicted molar refractivity (Wildman–Crippen MR) is 135 cm³/mol. The lowest BCUT2D eigenvalue weighted by molar-refractivity contribution is -0.0196. The van der Waals surface area contributed by atoms with Crippen molar-refractivity contribution in [1.82, 2.24) is 25.1 Å². The summed E-state index contributed by atoms with van der Waals surface area (Å²) in [5, 5.41) is 16.4. The Morgan fingerprint density at radius 2 is 1.83 bits per heavy atom. The number of carbonyl (C=O) groups is 1. The minimum Gasteiger partial charge on any atom is -0.378 e. The Morgan fingerprint density at radius 3 is 2.64 bits per heavy atom. The van der Waals surface area contributed by atoms with Crippen molar-refractivity contribution in [2.24, 2.45) is 5.41 Å². The van der Waals surface area contributed by atoms with Crippen LogP contribution in [0, 0.1) is 5.41 Å². The van der Waals surface area contributed by atoms with Gasteiger partial charge < -0.3 is 15.0 Å². The number of hydrogen-bond acceptors (Lipinski definition) is 6. The molecule has 1 aromatic carbocycles. The Morgan fingerprint density at radius 1 is 1.06 bits per heavy atom. The molecule has 36 heavy (non-hydrogen) atoms. The minimum absolute atomic E-state index is 0.0604. The predicted octanol–water partition coefficient (Wildman–Crippen LogP) is 2.86. The number of aromatic amines is 1. The largest absolute Gasteiger partial charge is 0.378 e. The van der Waals surface area contributed by atoms with Crippen molar-refractivity contribution in [3.63, 3.8) is 0 Å². The van der Waals surface area contributed by atoms with Crippen LogP contribution in [-0.4, -0.2) is 58.1 Å². The summed E-state index contributed by atoms with van der Waals surface area (Å²) in [4.78, 5) is 27.7. The van der Waals surface area contributed by atoms with Gasteiger partial charge in [-0.25, -0.2) is 9.61 Å². The molecule has 0 unspecified atom stereocenters. The molecule has 9 nitrogen and oxygen atoms in total. The third-order valence-corrected chi connectivity index (χ3v) is 8.28. The number of hydrogen-bond donors (Lipinski definition) is 2. The summed E-state index contributed by atoms with van der Waals surface area (Å²) < 4.78 is 7.29. The number of morpholine rings is 1. The molecule has 1 aliphatic heterocycles. The minimum atomic E-state index is -0.140. The zero-order valence-corrected chi connectivity index (χ0v) is 19.9. The molecule has 1 spiro atoms. The summed E-state index contributed by atoms with van der Waals surface area (Å²) in [7, 11) is 0. The third kappa shape index (κ3) is 3.41. The number of nitrogens with zero attached hydrogens (tertiary/aromatic N) is 4. The number of benzene rings is 1. The Bertz CT molecular complexity index is 1520. The molecule has 4 heterocycles. The van der Waals surface area contributed by atoms with Crippen LogP contribution in [0.3, 0.4) is 0 Å². The molecule has 0 atom stereocenters. The van der Waals surface area contributed by atoms with E-state index in [-0.39, 0.29) is 22.9 Å². The van der Waals surface area contributed by atoms with Gasteiger partial charge in [-0.3, -0.25) is 9.59 Å². The van der Waals surface area contributed by atoms with Crippen LogP contribution in [-0.2, 0) is 4.74 Å². The van der Waals surface area contributed by atoms with Crippen molar-refractivity contribution in [2.75, 3.05) is 31.2 Å². The molecule has 3 fully saturated rings. The first-order valence-corrected chi connectivity index (χ1v) is 12.7. The SMILES string of the molecule is O=C(N[C@H]1CC2(C1)C[C@H](c1n[nH]c(=O)c3ccccc31)C2)c1cnn2cccc(N3CCOCC3)c12. The fourth-order valence-corrected chi connectivity index (χ4v) is 6.56. The highest BCUT2D eigenvalue weighted by molar-refractivity contribution is 6.04. The number of H-pyrrole nitrogens is 1. The molecule has 0 bridgehead atoms. The van der Waals surface area contributed by atoms with E-state index in [1.54, 1.807) is 10.7 Å². The van der Waals surface area contributed by atoms with Crippen molar-refractivity contribution in [3.05, 3.63) is 70.4 Å². The molecular formula is C27H28N6O3. The maximum absolute atomic E-state index is 13.3. The molecule has 1 amide bonds. The third-order valence-electron chi connectivity index (χ3n) is 8.28. The zero-order chi connectivity index (χ0) is 24.3. The smallest absolute Gasteiger partial charge is 0.272 e. The lowest BCUT2D eigenvalue weighted by Gasteiger charge is -2.57. The highest BCUT2D eigenvalue weighted by Gasteiger charge is 2.54. The first-order valence-electron chi connectivity index (χ1n) is 12.7. The molecule has 184 valence electrons. The number of ether oxygens (including phenoxy) is 1. The van der Waals surface area contributed by atoms with Crippen LogP contribution in [0.25, 0.3) is 16.3 Å². The quantitative estimate of drug-likeness (QED) is 0.462. The van der Waals surface area contributed by atoms with Crippen LogP contribution >= 0.6 is 0 Å². The first-order chi connectivity index (χ1) is 17.6. The fraction of sp³-hybridized carbons (Fsp3) is 0.407. The second-order valence-electron chi connectivity index (χ2n) is 10.5. The van der Waals surface area contributed by atoms with Gasteiger partial charge in [0.2, 0.25) is 0 Å². The second kappa shape index (κ2) is 8.16. The van der Waals surface area contributed by atoms with E-state index < -0.39 is 0 Å². The van der Waals surface area contributed by atoms with Gasteiger partial charge >= 0.3 is 0 Å². The second-order valence-corrected chi connectivity index (χ2v) is 10.5. The lowest BCUT2D eigenvalue weighted by Crippen LogP contribution is -2.55. The first kappa shape index (κ1) is 21.6. The number of rotatable bonds is 4. The number of aromatic nitrogens is 4. The van der Waals surface area contributed by atoms with Crippen LogP contribution in [0.1, 0.15) is 47.7 Å². The summed E-state index contributed by atoms with van der Waals surface area (Å²) in [5.41, 5.74) is 3.61. The molecule has 3 aliphatic rings. The van der Waals surface area contributed by atoms with Gasteiger partial charge in [-0.1, -0.05) is 18.2 Å². The topological polar surface area (TPSA) is 105 Å². The van der Waals surface area contributed by atoms with Gasteiger partial charge in [0.05, 0.1) is 41.7 Å². The van der Waals surface area contributed by atoms with E-state index in [2.05, 4.69) is 31.6 Å². The Balaban J connectivity index is 1.03. The van der Waals surface area contributed by atoms with Crippen molar-refractivity contribution in [3.8, 4) is 0 Å². The van der Waals surface area contributed by atoms with Crippen molar-refractivity contribution in [1.29, 1.82) is 0 Å². The molecule has 2 saturated carbocycles. The number of nitrogens with one attached hydrogen (secondary N) is 2. The summed E-state index contributed by atoms with van der Waals surface area (Å²) in [5.74, 6) is 0.286. The zero-order valence-electron chi connectivity index (χ0n) is 19.9. The van der Waals surface area contributed by atoms with E-state index in [1.807, 2.05) is 36.5 Å². The fourth-order valence-electron chi connectivity index (χ4n) is 6.56. The molecule has 2 N–H and O–H groups in total. The average Bonchev–Trinajstić information content (AvgIpc) is 3.31. The van der Waals surface area contributed by atoms with E-state index in [9.17, 15) is 9.59 Å². The van der Waals surface area contributed by atoms with Gasteiger partial charge in [-0.05, 0) is 49.3 Å². The standard InChI is InChI=1S/C27H28N6O3/c34-25(21-16-28-33-7-3-6-22(24(21)33)32-8-10-36-11-9-32)29-18-14-27(15-18)12-17(13-27)23-19-4-1-2-5-20(19)26(35)31-30-23/h1-7,16-18H,8-15H2,(H,29,34)(H,31,35)/t17-,18-,27?. The maximum atomic E-state index is 13.3. The summed E-state index contributed by atoms with van der Waals surface area (Å²) >= 11 is 0. The van der Waals surface area contributed by atoms with Gasteiger partial charge in [0.25, 0.3) is 11.5 Å². The van der Waals surface area contributed by atoms with Gasteiger partial charge in [-0.2, -0.15) is 10.2 Å². The monoisotopic (exact) mass is 484 g/mol. The van der Waals surface area contributed by atoms with E-state index in [1.165, 1.54) is 0 Å². The van der Waals surface area contributed by atoms with Crippen molar-refractivity contribution in [2.45, 2.75) is 37.6 Å². The van der Waals surface area contributed by atoms with Crippen LogP contribution in [0.5, 0.6) is 0 Å². The van der Waals surface area contributed by atoms with Crippen molar-refractivity contribution < 1.29 is 9.53 Å². The normalized spacial score (nSPS) is 25.6. The van der Waals surface area contributed by atoms with Gasteiger partial charge in [0.15, 0.2) is 0 Å². The Kier molecular flexibility index (Phi) is 4.89. The molecule has 9 heteroatoms. The molecule has 1 saturated heterocycles. The van der Waals surface area contributed by atoms with Gasteiger partial charge in [-0.15, -0.1) is 0 Å². The Hall–Kier alpha value is -3.72. The molecular weight excluding hydrogens is 456 g/mol. The number of amides is 1. The number of anilines is 1. The number of fused-ring (bicyclic) bond motifs is 2. The summed E-state index contributed by atoms with van der Waals surface area (Å²) in [6.45, 7) is 2.98. The molecule has 4 aromatic rings. The Labute approximate surface area is 207 Å².